The Labute approximate surface area is 649 Å². The molecule has 0 spiro atoms. The van der Waals surface area contributed by atoms with Crippen LogP contribution in [0.5, 0.6) is 5.75 Å². The van der Waals surface area contributed by atoms with Crippen LogP contribution in [0.3, 0.4) is 0 Å². The molecule has 0 radical (unpaired) electrons. The SMILES string of the molecule is COS(=O)N(C)c1cc(S(=O)(=O)O)c(N(C)OS(C)=O)cc1S(=O)(=O)O.COS(=O)N(C)c1ccc(N(C)OS(C)=O)cc1.COS(=O)N(C)c1ccc(N(C)OS(C)=O)cc1S(=O)(=O)O.COS(=O)Nc1ccc(N(C)OS(C)=O)cc1S(=O)(=O)O.COS(=O)Oc1ccc(N(C)OS(C)=O)cc1S(=O)(=O)O. The van der Waals surface area contributed by atoms with Gasteiger partial charge in [-0.1, -0.05) is 0 Å². The maximum absolute atomic E-state index is 11.8. The lowest BCUT2D eigenvalue weighted by molar-refractivity contribution is 0.332. The van der Waals surface area contributed by atoms with E-state index in [0.717, 1.165) is 96.8 Å². The van der Waals surface area contributed by atoms with Crippen molar-refractivity contribution in [2.45, 2.75) is 24.5 Å². The van der Waals surface area contributed by atoms with Crippen LogP contribution in [0.1, 0.15) is 0 Å². The summed E-state index contributed by atoms with van der Waals surface area (Å²) in [6.07, 6.45) is 6.42. The van der Waals surface area contributed by atoms with Gasteiger partial charge in [0.05, 0.1) is 86.7 Å². The van der Waals surface area contributed by atoms with Crippen molar-refractivity contribution in [2.75, 3.05) is 166 Å². The summed E-state index contributed by atoms with van der Waals surface area (Å²) in [4.78, 5) is -3.36. The molecule has 0 saturated carbocycles. The molecule has 108 heavy (non-hydrogen) atoms. The summed E-state index contributed by atoms with van der Waals surface area (Å²) >= 11 is -18.0. The third-order valence-corrected chi connectivity index (χ3v) is 22.4. The molecular formula is C48H75N9O36S15. The quantitative estimate of drug-likeness (QED) is 0.0245. The van der Waals surface area contributed by atoms with Gasteiger partial charge >= 0.3 is 11.4 Å². The van der Waals surface area contributed by atoms with Crippen LogP contribution < -0.4 is 47.1 Å². The second-order valence-corrected chi connectivity index (χ2v) is 36.7. The van der Waals surface area contributed by atoms with E-state index >= 15 is 0 Å². The number of hydrogen-bond acceptors (Lipinski definition) is 36. The maximum Gasteiger partial charge on any atom is 0.359 e. The number of nitrogens with zero attached hydrogens (tertiary/aromatic N) is 8. The van der Waals surface area contributed by atoms with E-state index in [4.69, 9.17) is 29.8 Å². The molecule has 0 aliphatic heterocycles. The van der Waals surface area contributed by atoms with E-state index in [2.05, 4.69) is 21.5 Å². The minimum atomic E-state index is -4.93. The Balaban J connectivity index is 0.000000678. The smallest absolute Gasteiger partial charge is 0.359 e. The first-order chi connectivity index (χ1) is 49.5. The lowest BCUT2D eigenvalue weighted by atomic mass is 10.2. The number of rotatable bonds is 35. The van der Waals surface area contributed by atoms with Crippen molar-refractivity contribution in [3.05, 3.63) is 91.0 Å². The van der Waals surface area contributed by atoms with Crippen LogP contribution in [0, 0.1) is 0 Å². The van der Waals surface area contributed by atoms with Crippen LogP contribution in [0.25, 0.3) is 0 Å². The average Bonchev–Trinajstić information content (AvgIpc) is 0.772. The molecule has 0 bridgehead atoms. The fraction of sp³-hybridized carbons (Fsp3) is 0.375. The highest BCUT2D eigenvalue weighted by Gasteiger charge is 2.31. The molecule has 0 saturated heterocycles. The molecule has 5 aromatic carbocycles. The van der Waals surface area contributed by atoms with Crippen LogP contribution in [0.4, 0.5) is 51.2 Å². The lowest BCUT2D eigenvalue weighted by Crippen LogP contribution is -2.26. The Hall–Kier alpha value is -5.25. The second kappa shape index (κ2) is 45.4. The summed E-state index contributed by atoms with van der Waals surface area (Å²) in [6.45, 7) is 0. The van der Waals surface area contributed by atoms with Crippen molar-refractivity contribution in [1.82, 2.24) is 0 Å². The highest BCUT2D eigenvalue weighted by atomic mass is 32.2. The van der Waals surface area contributed by atoms with Crippen molar-refractivity contribution < 1.29 is 153 Å². The van der Waals surface area contributed by atoms with Gasteiger partial charge in [-0.2, -0.15) is 67.7 Å². The monoisotopic (exact) mass is 1830 g/mol. The average molecular weight is 1840 g/mol. The van der Waals surface area contributed by atoms with Crippen LogP contribution >= 0.6 is 0 Å². The Kier molecular flexibility index (Phi) is 42.4. The van der Waals surface area contributed by atoms with Crippen LogP contribution in [-0.2, 0) is 205 Å². The predicted molar refractivity (Wildman–Crippen MR) is 404 cm³/mol. The van der Waals surface area contributed by atoms with Gasteiger partial charge < -0.3 is 4.18 Å². The highest BCUT2D eigenvalue weighted by molar-refractivity contribution is 7.88. The first kappa shape index (κ1) is 101. The summed E-state index contributed by atoms with van der Waals surface area (Å²) < 4.78 is 331. The van der Waals surface area contributed by atoms with Gasteiger partial charge in [-0.15, -0.1) is 0 Å². The Morgan fingerprint density at radius 2 is 0.611 bits per heavy atom. The Morgan fingerprint density at radius 1 is 0.315 bits per heavy atom. The van der Waals surface area contributed by atoms with Crippen molar-refractivity contribution in [3.8, 4) is 5.75 Å². The first-order valence-corrected chi connectivity index (χ1v) is 47.1. The molecular weight excluding hydrogens is 1760 g/mol. The van der Waals surface area contributed by atoms with Crippen LogP contribution in [0.2, 0.25) is 0 Å². The van der Waals surface area contributed by atoms with E-state index in [1.807, 2.05) is 0 Å². The number of anilines is 9. The first-order valence-electron chi connectivity index (χ1n) is 27.4. The molecule has 0 aromatic heterocycles. The minimum Gasteiger partial charge on any atom is -0.378 e. The molecule has 0 aliphatic carbocycles. The van der Waals surface area contributed by atoms with Gasteiger partial charge in [0.1, 0.15) is 24.5 Å². The summed E-state index contributed by atoms with van der Waals surface area (Å²) in [7, 11) is -6.77. The molecule has 0 fully saturated rings. The van der Waals surface area contributed by atoms with Gasteiger partial charge in [-0.25, -0.2) is 63.2 Å². The number of benzene rings is 5. The molecule has 5 aromatic rings. The number of hydrogen-bond donors (Lipinski definition) is 6. The standard InChI is InChI=1S/C10H16N2O10S4.C10H16N2O7S3.C10H16N2O4S2.C9H14N2O7S3.C9H13NO8S3/c1-11(22-23(4)13)7-5-10(26(18,19)20)8(12(2)24(14)21-3)6-9(7)25(15,16)17;1-11(19-20(4)13)8-5-6-9(12(2)21(14)18-3)10(7-8)22(15,16)17;1-11(16-17(4)13)9-5-7-10(8-6-9)12(2)18(14)15-3;1-11(18-19(3)12)7-4-5-8(10-20(13)17-2)9(6-7)21(14,15)16;1-10(18-19(3)11)7-4-5-8(17-20(12)16-2)9(6-7)21(13,14)15/h5-6H,1-4H3,(H,15,16,17)(H,18,19,20);5-7H,1-4H3,(H,15,16,17);5-8H,1-4H3;4-6,10H,1-3H3,(H,14,15,16);4-6H,1-3H3,(H,13,14,15). The Bertz CT molecular complexity index is 4630. The minimum absolute atomic E-state index is 0.0301. The van der Waals surface area contributed by atoms with Gasteiger partial charge in [-0.05, 0) is 91.0 Å². The van der Waals surface area contributed by atoms with Gasteiger partial charge in [0.25, 0.3) is 95.7 Å². The summed E-state index contributed by atoms with van der Waals surface area (Å²) in [5.41, 5.74) is 0.856. The lowest BCUT2D eigenvalue weighted by Gasteiger charge is -2.23. The fourth-order valence-electron chi connectivity index (χ4n) is 7.27. The van der Waals surface area contributed by atoms with Crippen molar-refractivity contribution in [3.63, 3.8) is 0 Å². The van der Waals surface area contributed by atoms with Gasteiger partial charge in [0.2, 0.25) is 0 Å². The second-order valence-electron chi connectivity index (χ2n) is 19.1. The zero-order valence-corrected chi connectivity index (χ0v) is 71.5. The highest BCUT2D eigenvalue weighted by Crippen LogP contribution is 2.37. The molecule has 10 unspecified atom stereocenters. The van der Waals surface area contributed by atoms with E-state index in [0.29, 0.717) is 21.5 Å². The zero-order valence-electron chi connectivity index (χ0n) is 59.3. The normalized spacial score (nSPS) is 14.4. The third kappa shape index (κ3) is 34.0. The molecule has 0 aliphatic rings. The summed E-state index contributed by atoms with van der Waals surface area (Å²) in [5.74, 6) is -0.368. The molecule has 0 heterocycles. The van der Waals surface area contributed by atoms with E-state index in [9.17, 15) is 107 Å². The molecule has 10 atom stereocenters. The van der Waals surface area contributed by atoms with Crippen molar-refractivity contribution in [1.29, 1.82) is 0 Å². The van der Waals surface area contributed by atoms with E-state index in [1.54, 1.807) is 38.4 Å². The van der Waals surface area contributed by atoms with Crippen LogP contribution in [-0.4, -0.2) is 230 Å². The van der Waals surface area contributed by atoms with E-state index in [1.165, 1.54) is 107 Å². The van der Waals surface area contributed by atoms with Gasteiger partial charge in [0.15, 0.2) is 61.2 Å². The summed E-state index contributed by atoms with van der Waals surface area (Å²) in [6, 6.07) is 19.5. The Morgan fingerprint density at radius 3 is 0.981 bits per heavy atom. The topological polar surface area (TPSA) is 582 Å². The van der Waals surface area contributed by atoms with E-state index in [-0.39, 0.29) is 34.2 Å². The van der Waals surface area contributed by atoms with Gasteiger partial charge in [-0.3, -0.25) is 61.3 Å². The number of nitrogens with one attached hydrogen (secondary N) is 1. The van der Waals surface area contributed by atoms with E-state index < -0.39 is 198 Å². The van der Waals surface area contributed by atoms with Crippen molar-refractivity contribution >= 4 is 214 Å². The maximum atomic E-state index is 11.8. The molecule has 60 heteroatoms. The largest absolute Gasteiger partial charge is 0.378 e. The zero-order chi connectivity index (χ0) is 83.6. The molecule has 0 amide bonds. The fourth-order valence-corrected chi connectivity index (χ4v) is 15.4. The van der Waals surface area contributed by atoms with Crippen molar-refractivity contribution in [2.24, 2.45) is 0 Å². The number of hydroxylamine groups is 5. The third-order valence-electron chi connectivity index (χ3n) is 11.8. The molecule has 5 rings (SSSR count). The molecule has 618 valence electrons. The van der Waals surface area contributed by atoms with Gasteiger partial charge in [0, 0.05) is 87.7 Å². The summed E-state index contributed by atoms with van der Waals surface area (Å²) in [5, 5.41) is 5.24. The predicted octanol–water partition coefficient (Wildman–Crippen LogP) is 1.20. The van der Waals surface area contributed by atoms with Crippen LogP contribution in [0.15, 0.2) is 115 Å². The molecule has 6 N–H and O–H groups in total. The molecule has 45 nitrogen and oxygen atoms in total.